The predicted octanol–water partition coefficient (Wildman–Crippen LogP) is 6.45. The first kappa shape index (κ1) is 24.4. The van der Waals surface area contributed by atoms with Gasteiger partial charge in [-0.05, 0) is 50.1 Å². The standard InChI is InChI=1S/C26H24F4N2O3/c1-15-9-10-16(27)13-22(15)34-14-19-17(18-7-5-6-8-21(18)35-26(28,29)30)11-12-20-23(19)32(4)24(33)25(2,3)31-20/h5-13,31H,14H2,1-4H3. The number of hydrogen-bond donors (Lipinski definition) is 1. The summed E-state index contributed by atoms with van der Waals surface area (Å²) in [7, 11) is 1.60. The zero-order valence-electron chi connectivity index (χ0n) is 19.6. The molecule has 0 atom stereocenters. The smallest absolute Gasteiger partial charge is 0.488 e. The van der Waals surface area contributed by atoms with Gasteiger partial charge in [-0.3, -0.25) is 4.79 Å². The fraction of sp³-hybridized carbons (Fsp3) is 0.269. The Morgan fingerprint density at radius 3 is 2.43 bits per heavy atom. The Kier molecular flexibility index (Phi) is 6.12. The first-order chi connectivity index (χ1) is 16.4. The molecule has 9 heteroatoms. The van der Waals surface area contributed by atoms with Crippen LogP contribution in [0.2, 0.25) is 0 Å². The Morgan fingerprint density at radius 2 is 1.71 bits per heavy atom. The highest BCUT2D eigenvalue weighted by Crippen LogP contribution is 2.45. The van der Waals surface area contributed by atoms with Gasteiger partial charge in [0.05, 0.1) is 11.4 Å². The van der Waals surface area contributed by atoms with Crippen molar-refractivity contribution in [2.24, 2.45) is 0 Å². The second-order valence-electron chi connectivity index (χ2n) is 8.84. The fourth-order valence-electron chi connectivity index (χ4n) is 4.21. The SMILES string of the molecule is Cc1ccc(F)cc1OCc1c(-c2ccccc2OC(F)(F)F)ccc2c1N(C)C(=O)C(C)(C)N2. The van der Waals surface area contributed by atoms with Crippen molar-refractivity contribution < 1.29 is 31.8 Å². The van der Waals surface area contributed by atoms with E-state index in [-0.39, 0.29) is 29.6 Å². The lowest BCUT2D eigenvalue weighted by molar-refractivity contribution is -0.274. The third-order valence-corrected chi connectivity index (χ3v) is 5.83. The number of halogens is 4. The van der Waals surface area contributed by atoms with Gasteiger partial charge in [-0.15, -0.1) is 13.2 Å². The van der Waals surface area contributed by atoms with Crippen molar-refractivity contribution in [3.8, 4) is 22.6 Å². The van der Waals surface area contributed by atoms with Crippen LogP contribution in [-0.2, 0) is 11.4 Å². The lowest BCUT2D eigenvalue weighted by Crippen LogP contribution is -2.52. The maximum absolute atomic E-state index is 13.8. The molecule has 0 saturated heterocycles. The molecule has 0 spiro atoms. The van der Waals surface area contributed by atoms with Crippen molar-refractivity contribution in [3.63, 3.8) is 0 Å². The van der Waals surface area contributed by atoms with Crippen molar-refractivity contribution in [1.82, 2.24) is 0 Å². The Labute approximate surface area is 200 Å². The third-order valence-electron chi connectivity index (χ3n) is 5.83. The molecule has 35 heavy (non-hydrogen) atoms. The average molecular weight is 488 g/mol. The number of alkyl halides is 3. The fourth-order valence-corrected chi connectivity index (χ4v) is 4.21. The van der Waals surface area contributed by atoms with Crippen LogP contribution < -0.4 is 19.7 Å². The average Bonchev–Trinajstić information content (AvgIpc) is 2.77. The highest BCUT2D eigenvalue weighted by atomic mass is 19.4. The van der Waals surface area contributed by atoms with Gasteiger partial charge in [0.2, 0.25) is 0 Å². The van der Waals surface area contributed by atoms with Gasteiger partial charge in [0.25, 0.3) is 5.91 Å². The molecule has 3 aromatic rings. The van der Waals surface area contributed by atoms with Gasteiger partial charge in [-0.2, -0.15) is 0 Å². The van der Waals surface area contributed by atoms with Gasteiger partial charge >= 0.3 is 6.36 Å². The number of benzene rings is 3. The third kappa shape index (κ3) is 4.89. The van der Waals surface area contributed by atoms with Crippen molar-refractivity contribution in [3.05, 3.63) is 71.5 Å². The van der Waals surface area contributed by atoms with Crippen LogP contribution >= 0.6 is 0 Å². The van der Waals surface area contributed by atoms with E-state index in [0.717, 1.165) is 0 Å². The largest absolute Gasteiger partial charge is 0.573 e. The molecule has 0 fully saturated rings. The summed E-state index contributed by atoms with van der Waals surface area (Å²) >= 11 is 0. The summed E-state index contributed by atoms with van der Waals surface area (Å²) in [4.78, 5) is 14.5. The molecular weight excluding hydrogens is 464 g/mol. The first-order valence-corrected chi connectivity index (χ1v) is 10.8. The highest BCUT2D eigenvalue weighted by molar-refractivity contribution is 6.08. The predicted molar refractivity (Wildman–Crippen MR) is 125 cm³/mol. The number of nitrogens with zero attached hydrogens (tertiary/aromatic N) is 1. The molecule has 1 heterocycles. The van der Waals surface area contributed by atoms with Crippen molar-refractivity contribution >= 4 is 17.3 Å². The Balaban J connectivity index is 1.89. The minimum atomic E-state index is -4.89. The van der Waals surface area contributed by atoms with Gasteiger partial charge in [-0.1, -0.05) is 30.3 Å². The van der Waals surface area contributed by atoms with Gasteiger partial charge in [-0.25, -0.2) is 4.39 Å². The minimum absolute atomic E-state index is 0.136. The maximum Gasteiger partial charge on any atom is 0.573 e. The van der Waals surface area contributed by atoms with Crippen LogP contribution in [0.4, 0.5) is 28.9 Å². The monoisotopic (exact) mass is 488 g/mol. The maximum atomic E-state index is 13.8. The summed E-state index contributed by atoms with van der Waals surface area (Å²) < 4.78 is 63.4. The Hall–Kier alpha value is -3.75. The van der Waals surface area contributed by atoms with Crippen molar-refractivity contribution in [1.29, 1.82) is 0 Å². The summed E-state index contributed by atoms with van der Waals surface area (Å²) in [6.45, 7) is 5.09. The number of aryl methyl sites for hydroxylation is 1. The molecule has 4 rings (SSSR count). The first-order valence-electron chi connectivity index (χ1n) is 10.8. The van der Waals surface area contributed by atoms with E-state index in [1.165, 1.54) is 35.2 Å². The quantitative estimate of drug-likeness (QED) is 0.420. The molecule has 1 amide bonds. The lowest BCUT2D eigenvalue weighted by Gasteiger charge is -2.39. The summed E-state index contributed by atoms with van der Waals surface area (Å²) in [5, 5.41) is 3.19. The van der Waals surface area contributed by atoms with Gasteiger partial charge in [0, 0.05) is 24.2 Å². The van der Waals surface area contributed by atoms with Crippen LogP contribution in [0.5, 0.6) is 11.5 Å². The topological polar surface area (TPSA) is 50.8 Å². The minimum Gasteiger partial charge on any atom is -0.488 e. The van der Waals surface area contributed by atoms with Crippen molar-refractivity contribution in [2.75, 3.05) is 17.3 Å². The molecular formula is C26H24F4N2O3. The summed E-state index contributed by atoms with van der Waals surface area (Å²) in [6, 6.07) is 13.2. The van der Waals surface area contributed by atoms with E-state index in [1.54, 1.807) is 52.1 Å². The molecule has 0 unspecified atom stereocenters. The number of nitrogens with one attached hydrogen (secondary N) is 1. The van der Waals surface area contributed by atoms with Crippen LogP contribution in [0.15, 0.2) is 54.6 Å². The molecule has 0 saturated carbocycles. The summed E-state index contributed by atoms with van der Waals surface area (Å²) in [5.41, 5.74) is 1.88. The number of fused-ring (bicyclic) bond motifs is 1. The number of ether oxygens (including phenoxy) is 2. The van der Waals surface area contributed by atoms with Crippen LogP contribution in [0.1, 0.15) is 25.0 Å². The number of para-hydroxylation sites is 1. The summed E-state index contributed by atoms with van der Waals surface area (Å²) in [5.74, 6) is -0.821. The van der Waals surface area contributed by atoms with Gasteiger partial charge in [0.1, 0.15) is 29.5 Å². The molecule has 5 nitrogen and oxygen atoms in total. The molecule has 0 bridgehead atoms. The normalized spacial score (nSPS) is 14.9. The number of rotatable bonds is 5. The molecule has 1 aliphatic heterocycles. The highest BCUT2D eigenvalue weighted by Gasteiger charge is 2.39. The molecule has 3 aromatic carbocycles. The van der Waals surface area contributed by atoms with Crippen LogP contribution in [0, 0.1) is 12.7 Å². The van der Waals surface area contributed by atoms with E-state index in [1.807, 2.05) is 0 Å². The molecule has 184 valence electrons. The van der Waals surface area contributed by atoms with E-state index < -0.39 is 17.7 Å². The second kappa shape index (κ2) is 8.79. The second-order valence-corrected chi connectivity index (χ2v) is 8.84. The number of carbonyl (C=O) groups is 1. The van der Waals surface area contributed by atoms with E-state index in [4.69, 9.17) is 4.74 Å². The molecule has 1 N–H and O–H groups in total. The number of anilines is 2. The van der Waals surface area contributed by atoms with Gasteiger partial charge < -0.3 is 19.7 Å². The molecule has 0 aromatic heterocycles. The summed E-state index contributed by atoms with van der Waals surface area (Å²) in [6.07, 6.45) is -4.89. The van der Waals surface area contributed by atoms with Crippen LogP contribution in [-0.4, -0.2) is 24.9 Å². The molecule has 0 aliphatic carbocycles. The molecule has 1 aliphatic rings. The van der Waals surface area contributed by atoms with E-state index >= 15 is 0 Å². The van der Waals surface area contributed by atoms with Crippen LogP contribution in [0.25, 0.3) is 11.1 Å². The Morgan fingerprint density at radius 1 is 1.00 bits per heavy atom. The number of carbonyl (C=O) groups excluding carboxylic acids is 1. The number of likely N-dealkylation sites (N-methyl/N-ethyl adjacent to an activating group) is 1. The van der Waals surface area contributed by atoms with Crippen molar-refractivity contribution in [2.45, 2.75) is 39.3 Å². The zero-order valence-corrected chi connectivity index (χ0v) is 19.6. The number of hydrogen-bond acceptors (Lipinski definition) is 4. The molecule has 0 radical (unpaired) electrons. The van der Waals surface area contributed by atoms with Crippen LogP contribution in [0.3, 0.4) is 0 Å². The Bertz CT molecular complexity index is 1290. The van der Waals surface area contributed by atoms with Gasteiger partial charge in [0.15, 0.2) is 0 Å². The van der Waals surface area contributed by atoms with E-state index in [2.05, 4.69) is 10.1 Å². The van der Waals surface area contributed by atoms with E-state index in [9.17, 15) is 22.4 Å². The number of amides is 1. The van der Waals surface area contributed by atoms with E-state index in [0.29, 0.717) is 28.1 Å². The zero-order chi connectivity index (χ0) is 25.5. The lowest BCUT2D eigenvalue weighted by atomic mass is 9.92.